The van der Waals surface area contributed by atoms with Crippen molar-refractivity contribution in [2.75, 3.05) is 11.9 Å². The van der Waals surface area contributed by atoms with Gasteiger partial charge in [-0.05, 0) is 49.4 Å². The van der Waals surface area contributed by atoms with Crippen LogP contribution in [-0.4, -0.2) is 41.7 Å². The first-order chi connectivity index (χ1) is 15.6. The molecule has 0 atom stereocenters. The van der Waals surface area contributed by atoms with Crippen molar-refractivity contribution in [1.82, 2.24) is 29.9 Å². The molecular weight excluding hydrogens is 426 g/mol. The molecule has 0 radical (unpaired) electrons. The lowest BCUT2D eigenvalue weighted by atomic mass is 9.81. The number of nitrogens with zero attached hydrogens (tertiary/aromatic N) is 6. The first-order valence-corrected chi connectivity index (χ1v) is 11.3. The van der Waals surface area contributed by atoms with Gasteiger partial charge in [-0.15, -0.1) is 11.3 Å². The molecule has 0 spiro atoms. The minimum absolute atomic E-state index is 0.403. The first-order valence-electron chi connectivity index (χ1n) is 10.5. The molecule has 0 unspecified atom stereocenters. The molecule has 0 aliphatic heterocycles. The molecule has 4 aromatic rings. The quantitative estimate of drug-likeness (QED) is 0.419. The number of hydrogen-bond donors (Lipinski definition) is 2. The second-order valence-corrected chi connectivity index (χ2v) is 8.85. The van der Waals surface area contributed by atoms with Crippen LogP contribution in [-0.2, 0) is 12.1 Å². The Kier molecular flexibility index (Phi) is 5.54. The summed E-state index contributed by atoms with van der Waals surface area (Å²) in [7, 11) is 0. The van der Waals surface area contributed by atoms with Crippen LogP contribution in [0.2, 0.25) is 0 Å². The van der Waals surface area contributed by atoms with Crippen LogP contribution < -0.4 is 10.1 Å². The lowest BCUT2D eigenvalue weighted by Gasteiger charge is -2.34. The molecule has 1 fully saturated rings. The van der Waals surface area contributed by atoms with Gasteiger partial charge in [0.05, 0.1) is 23.8 Å². The lowest BCUT2D eigenvalue weighted by Crippen LogP contribution is -2.33. The summed E-state index contributed by atoms with van der Waals surface area (Å²) in [5, 5.41) is 22.7. The standard InChI is InChI=1S/C22H23N7O2S/c1-15-11-16(18-14-24-20(32-18)22(30)4-2-5-22)13-17(12-15)27-21-23-6-3-19(28-21)31-10-9-29-25-7-8-26-29/h3,6-8,11-14,30H,2,4-5,9-10H2,1H3,(H,23,27,28). The monoisotopic (exact) mass is 449 g/mol. The molecule has 9 nitrogen and oxygen atoms in total. The van der Waals surface area contributed by atoms with Gasteiger partial charge in [-0.1, -0.05) is 6.07 Å². The summed E-state index contributed by atoms with van der Waals surface area (Å²) in [6.07, 6.45) is 9.38. The first kappa shape index (κ1) is 20.5. The van der Waals surface area contributed by atoms with Crippen molar-refractivity contribution in [3.8, 4) is 16.3 Å². The molecular formula is C22H23N7O2S. The summed E-state index contributed by atoms with van der Waals surface area (Å²) < 4.78 is 5.70. The third-order valence-corrected chi connectivity index (χ3v) is 6.58. The van der Waals surface area contributed by atoms with Crippen LogP contribution in [0.15, 0.2) is 49.1 Å². The molecule has 0 bridgehead atoms. The molecule has 1 saturated carbocycles. The number of nitrogens with one attached hydrogen (secondary N) is 1. The molecule has 5 rings (SSSR count). The summed E-state index contributed by atoms with van der Waals surface area (Å²) in [6.45, 7) is 2.98. The molecule has 0 saturated heterocycles. The number of aromatic nitrogens is 6. The van der Waals surface area contributed by atoms with Crippen LogP contribution in [0.25, 0.3) is 10.4 Å². The summed E-state index contributed by atoms with van der Waals surface area (Å²) in [5.41, 5.74) is 2.27. The van der Waals surface area contributed by atoms with Gasteiger partial charge in [-0.2, -0.15) is 20.0 Å². The summed E-state index contributed by atoms with van der Waals surface area (Å²) in [5.74, 6) is 0.924. The van der Waals surface area contributed by atoms with Gasteiger partial charge in [0, 0.05) is 24.1 Å². The largest absolute Gasteiger partial charge is 0.475 e. The number of thiazole rings is 1. The number of anilines is 2. The molecule has 2 N–H and O–H groups in total. The Morgan fingerprint density at radius 1 is 1.16 bits per heavy atom. The van der Waals surface area contributed by atoms with E-state index in [1.54, 1.807) is 40.8 Å². The fraction of sp³-hybridized carbons (Fsp3) is 0.318. The van der Waals surface area contributed by atoms with E-state index in [9.17, 15) is 5.11 Å². The van der Waals surface area contributed by atoms with E-state index in [0.717, 1.165) is 46.0 Å². The molecule has 1 aliphatic rings. The van der Waals surface area contributed by atoms with E-state index >= 15 is 0 Å². The fourth-order valence-corrected chi connectivity index (χ4v) is 4.60. The van der Waals surface area contributed by atoms with Gasteiger partial charge < -0.3 is 15.2 Å². The summed E-state index contributed by atoms with van der Waals surface area (Å²) in [6, 6.07) is 7.89. The Balaban J connectivity index is 1.29. The predicted molar refractivity (Wildman–Crippen MR) is 121 cm³/mol. The van der Waals surface area contributed by atoms with Gasteiger partial charge in [0.1, 0.15) is 17.2 Å². The Morgan fingerprint density at radius 2 is 2.00 bits per heavy atom. The van der Waals surface area contributed by atoms with E-state index < -0.39 is 5.60 Å². The van der Waals surface area contributed by atoms with Crippen molar-refractivity contribution in [3.05, 3.63) is 59.6 Å². The highest BCUT2D eigenvalue weighted by atomic mass is 32.1. The summed E-state index contributed by atoms with van der Waals surface area (Å²) >= 11 is 1.55. The van der Waals surface area contributed by atoms with Crippen molar-refractivity contribution in [3.63, 3.8) is 0 Å². The van der Waals surface area contributed by atoms with Crippen LogP contribution >= 0.6 is 11.3 Å². The number of benzene rings is 1. The molecule has 1 aliphatic carbocycles. The molecule has 3 heterocycles. The highest BCUT2D eigenvalue weighted by Crippen LogP contribution is 2.44. The Labute approximate surface area is 189 Å². The Morgan fingerprint density at radius 3 is 2.78 bits per heavy atom. The number of ether oxygens (including phenoxy) is 1. The van der Waals surface area contributed by atoms with E-state index in [1.807, 2.05) is 25.3 Å². The average molecular weight is 450 g/mol. The van der Waals surface area contributed by atoms with Gasteiger partial charge >= 0.3 is 0 Å². The second-order valence-electron chi connectivity index (χ2n) is 7.82. The zero-order valence-electron chi connectivity index (χ0n) is 17.6. The maximum Gasteiger partial charge on any atom is 0.230 e. The van der Waals surface area contributed by atoms with Crippen molar-refractivity contribution < 1.29 is 9.84 Å². The fourth-order valence-electron chi connectivity index (χ4n) is 3.55. The minimum Gasteiger partial charge on any atom is -0.475 e. The van der Waals surface area contributed by atoms with Gasteiger partial charge in [-0.3, -0.25) is 0 Å². The molecule has 32 heavy (non-hydrogen) atoms. The maximum atomic E-state index is 10.6. The van der Waals surface area contributed by atoms with Crippen molar-refractivity contribution in [1.29, 1.82) is 0 Å². The topological polar surface area (TPSA) is 111 Å². The third-order valence-electron chi connectivity index (χ3n) is 5.34. The third kappa shape index (κ3) is 4.46. The van der Waals surface area contributed by atoms with Crippen molar-refractivity contribution >= 4 is 23.0 Å². The van der Waals surface area contributed by atoms with E-state index in [4.69, 9.17) is 4.74 Å². The zero-order valence-corrected chi connectivity index (χ0v) is 18.4. The predicted octanol–water partition coefficient (Wildman–Crippen LogP) is 3.69. The number of rotatable bonds is 8. The van der Waals surface area contributed by atoms with E-state index in [1.165, 1.54) is 0 Å². The maximum absolute atomic E-state index is 10.6. The zero-order chi connectivity index (χ0) is 22.0. The highest BCUT2D eigenvalue weighted by Gasteiger charge is 2.39. The second kappa shape index (κ2) is 8.64. The number of aryl methyl sites for hydroxylation is 1. The molecule has 164 valence electrons. The number of hydrogen-bond acceptors (Lipinski definition) is 9. The summed E-state index contributed by atoms with van der Waals surface area (Å²) in [4.78, 5) is 15.8. The Bertz CT molecular complexity index is 1200. The van der Waals surface area contributed by atoms with Crippen LogP contribution in [0.1, 0.15) is 29.8 Å². The smallest absolute Gasteiger partial charge is 0.230 e. The minimum atomic E-state index is -0.740. The van der Waals surface area contributed by atoms with Gasteiger partial charge in [0.2, 0.25) is 11.8 Å². The number of aliphatic hydroxyl groups is 1. The normalized spacial score (nSPS) is 14.7. The van der Waals surface area contributed by atoms with Crippen molar-refractivity contribution in [2.24, 2.45) is 0 Å². The van der Waals surface area contributed by atoms with Gasteiger partial charge in [0.25, 0.3) is 0 Å². The average Bonchev–Trinajstić information content (AvgIpc) is 3.44. The van der Waals surface area contributed by atoms with Crippen molar-refractivity contribution in [2.45, 2.75) is 38.3 Å². The van der Waals surface area contributed by atoms with E-state index in [2.05, 4.69) is 36.5 Å². The molecule has 10 heteroatoms. The van der Waals surface area contributed by atoms with Gasteiger partial charge in [0.15, 0.2) is 0 Å². The van der Waals surface area contributed by atoms with E-state index in [0.29, 0.717) is 25.0 Å². The van der Waals surface area contributed by atoms with Crippen LogP contribution in [0.4, 0.5) is 11.6 Å². The lowest BCUT2D eigenvalue weighted by molar-refractivity contribution is -0.0389. The molecule has 0 amide bonds. The van der Waals surface area contributed by atoms with Crippen LogP contribution in [0, 0.1) is 6.92 Å². The molecule has 3 aromatic heterocycles. The van der Waals surface area contributed by atoms with Gasteiger partial charge in [-0.25, -0.2) is 9.97 Å². The molecule has 1 aromatic carbocycles. The SMILES string of the molecule is Cc1cc(Nc2nccc(OCCn3nccn3)n2)cc(-c2cnc(C3(O)CCC3)s2)c1. The van der Waals surface area contributed by atoms with Crippen LogP contribution in [0.5, 0.6) is 5.88 Å². The highest BCUT2D eigenvalue weighted by molar-refractivity contribution is 7.15. The van der Waals surface area contributed by atoms with Crippen LogP contribution in [0.3, 0.4) is 0 Å². The Hall–Kier alpha value is -3.37. The van der Waals surface area contributed by atoms with E-state index in [-0.39, 0.29) is 0 Å².